The van der Waals surface area contributed by atoms with Gasteiger partial charge >= 0.3 is 0 Å². The number of methoxy groups -OCH3 is 1. The van der Waals surface area contributed by atoms with Crippen molar-refractivity contribution in [2.75, 3.05) is 7.11 Å². The first-order valence-electron chi connectivity index (χ1n) is 14.4. The summed E-state index contributed by atoms with van der Waals surface area (Å²) in [5, 5.41) is 3.29. The van der Waals surface area contributed by atoms with Gasteiger partial charge in [-0.25, -0.2) is 13.8 Å². The molecule has 0 spiro atoms. The summed E-state index contributed by atoms with van der Waals surface area (Å²) in [5.74, 6) is -1.14. The Morgan fingerprint density at radius 1 is 0.946 bits per heavy atom. The van der Waals surface area contributed by atoms with Gasteiger partial charge in [-0.1, -0.05) is 57.4 Å². The Labute approximate surface area is 219 Å². The summed E-state index contributed by atoms with van der Waals surface area (Å²) in [7, 11) is 1.65. The molecule has 3 saturated carbocycles. The van der Waals surface area contributed by atoms with Crippen LogP contribution in [0.4, 0.5) is 8.78 Å². The number of ether oxygens (including phenoxy) is 1. The van der Waals surface area contributed by atoms with Crippen LogP contribution in [-0.2, 0) is 9.53 Å². The van der Waals surface area contributed by atoms with Crippen molar-refractivity contribution in [1.82, 2.24) is 14.9 Å². The van der Waals surface area contributed by atoms with Gasteiger partial charge < -0.3 is 14.6 Å². The number of amides is 1. The van der Waals surface area contributed by atoms with E-state index in [1.54, 1.807) is 25.6 Å². The van der Waals surface area contributed by atoms with Crippen LogP contribution in [0.15, 0.2) is 24.5 Å². The van der Waals surface area contributed by atoms with Gasteiger partial charge in [0.1, 0.15) is 11.9 Å². The minimum atomic E-state index is -0.915. The summed E-state index contributed by atoms with van der Waals surface area (Å²) in [5.41, 5.74) is 0.760. The van der Waals surface area contributed by atoms with Crippen LogP contribution in [0.3, 0.4) is 0 Å². The highest BCUT2D eigenvalue weighted by molar-refractivity contribution is 5.82. The normalized spacial score (nSPS) is 21.7. The first kappa shape index (κ1) is 26.3. The number of carbonyl (C=O) groups excluding carboxylic acids is 1. The van der Waals surface area contributed by atoms with Crippen molar-refractivity contribution in [3.63, 3.8) is 0 Å². The quantitative estimate of drug-likeness (QED) is 0.404. The molecule has 1 heterocycles. The maximum Gasteiger partial charge on any atom is 0.243 e. The molecule has 2 unspecified atom stereocenters. The molecule has 2 aromatic rings. The Kier molecular flexibility index (Phi) is 8.58. The van der Waals surface area contributed by atoms with Crippen molar-refractivity contribution < 1.29 is 18.3 Å². The lowest BCUT2D eigenvalue weighted by Crippen LogP contribution is -2.42. The molecule has 0 bridgehead atoms. The molecule has 3 fully saturated rings. The van der Waals surface area contributed by atoms with E-state index < -0.39 is 17.7 Å². The maximum atomic E-state index is 15.7. The van der Waals surface area contributed by atoms with Gasteiger partial charge in [0.15, 0.2) is 11.6 Å². The lowest BCUT2D eigenvalue weighted by molar-refractivity contribution is -0.127. The summed E-state index contributed by atoms with van der Waals surface area (Å²) in [6.07, 6.45) is 17.9. The molecule has 1 aromatic heterocycles. The maximum absolute atomic E-state index is 15.7. The van der Waals surface area contributed by atoms with Crippen molar-refractivity contribution in [3.05, 3.63) is 41.7 Å². The highest BCUT2D eigenvalue weighted by atomic mass is 19.2. The molecule has 37 heavy (non-hydrogen) atoms. The van der Waals surface area contributed by atoms with Crippen LogP contribution in [0.25, 0.3) is 11.4 Å². The number of aromatic nitrogens is 2. The lowest BCUT2D eigenvalue weighted by atomic mass is 9.81. The van der Waals surface area contributed by atoms with E-state index in [0.29, 0.717) is 11.4 Å². The summed E-state index contributed by atoms with van der Waals surface area (Å²) >= 11 is 0. The zero-order valence-electron chi connectivity index (χ0n) is 22.1. The number of carbonyl (C=O) groups is 1. The van der Waals surface area contributed by atoms with Crippen molar-refractivity contribution in [2.45, 2.75) is 108 Å². The Hall–Kier alpha value is -2.28. The minimum absolute atomic E-state index is 0.0213. The molecule has 0 aliphatic heterocycles. The third-order valence-electron chi connectivity index (χ3n) is 9.02. The Morgan fingerprint density at radius 2 is 1.57 bits per heavy atom. The molecule has 0 radical (unpaired) electrons. The van der Waals surface area contributed by atoms with E-state index in [2.05, 4.69) is 10.3 Å². The van der Waals surface area contributed by atoms with Gasteiger partial charge in [-0.2, -0.15) is 0 Å². The second kappa shape index (κ2) is 12.1. The van der Waals surface area contributed by atoms with Crippen LogP contribution in [-0.4, -0.2) is 28.6 Å². The van der Waals surface area contributed by atoms with Crippen molar-refractivity contribution >= 4 is 5.91 Å². The summed E-state index contributed by atoms with van der Waals surface area (Å²) < 4.78 is 38.2. The molecule has 202 valence electrons. The number of hydrogen-bond acceptors (Lipinski definition) is 3. The van der Waals surface area contributed by atoms with Crippen LogP contribution in [0, 0.1) is 23.5 Å². The number of hydrogen-bond donors (Lipinski definition) is 1. The number of benzene rings is 1. The SMILES string of the molecule is COC(c1ccc(F)c(F)c1-c1nccn1C(C(=O)NC1CCCC1)C1CCCCC1)C1CCCCC1. The van der Waals surface area contributed by atoms with Gasteiger partial charge in [0, 0.05) is 25.5 Å². The Morgan fingerprint density at radius 3 is 2.22 bits per heavy atom. The van der Waals surface area contributed by atoms with E-state index in [1.807, 2.05) is 4.57 Å². The topological polar surface area (TPSA) is 56.2 Å². The van der Waals surface area contributed by atoms with E-state index in [-0.39, 0.29) is 35.5 Å². The van der Waals surface area contributed by atoms with Crippen LogP contribution >= 0.6 is 0 Å². The summed E-state index contributed by atoms with van der Waals surface area (Å²) in [6.45, 7) is 0. The molecule has 5 rings (SSSR count). The summed E-state index contributed by atoms with van der Waals surface area (Å²) in [4.78, 5) is 18.4. The van der Waals surface area contributed by atoms with Crippen LogP contribution < -0.4 is 5.32 Å². The fourth-order valence-corrected chi connectivity index (χ4v) is 7.15. The predicted molar refractivity (Wildman–Crippen MR) is 140 cm³/mol. The lowest BCUT2D eigenvalue weighted by Gasteiger charge is -2.33. The third-order valence-corrected chi connectivity index (χ3v) is 9.02. The Balaban J connectivity index is 1.56. The van der Waals surface area contributed by atoms with Crippen molar-refractivity contribution in [2.24, 2.45) is 11.8 Å². The van der Waals surface area contributed by atoms with Gasteiger partial charge in [-0.3, -0.25) is 4.79 Å². The molecule has 1 aromatic carbocycles. The molecule has 5 nitrogen and oxygen atoms in total. The number of nitrogens with one attached hydrogen (secondary N) is 1. The molecule has 1 N–H and O–H groups in total. The van der Waals surface area contributed by atoms with Gasteiger partial charge in [-0.05, 0) is 62.0 Å². The standard InChI is InChI=1S/C30H41F2N3O2/c1-37-28(21-12-6-3-7-13-21)23-16-17-24(31)26(32)25(23)29-33-18-19-35(29)27(20-10-4-2-5-11-20)30(36)34-22-14-8-9-15-22/h16-22,27-28H,2-15H2,1H3,(H,34,36). The van der Waals surface area contributed by atoms with E-state index in [9.17, 15) is 9.18 Å². The largest absolute Gasteiger partial charge is 0.376 e. The fraction of sp³-hybridized carbons (Fsp3) is 0.667. The second-order valence-electron chi connectivity index (χ2n) is 11.4. The number of imidazole rings is 1. The molecular weight excluding hydrogens is 472 g/mol. The Bertz CT molecular complexity index is 1050. The first-order chi connectivity index (χ1) is 18.1. The smallest absolute Gasteiger partial charge is 0.243 e. The monoisotopic (exact) mass is 513 g/mol. The molecular formula is C30H41F2N3O2. The summed E-state index contributed by atoms with van der Waals surface area (Å²) in [6, 6.07) is 2.55. The average molecular weight is 514 g/mol. The highest BCUT2D eigenvalue weighted by Gasteiger charge is 2.36. The van der Waals surface area contributed by atoms with E-state index in [1.165, 1.54) is 18.9 Å². The van der Waals surface area contributed by atoms with Gasteiger partial charge in [0.2, 0.25) is 5.91 Å². The molecule has 2 atom stereocenters. The van der Waals surface area contributed by atoms with Crippen LogP contribution in [0.1, 0.15) is 108 Å². The molecule has 3 aliphatic rings. The molecule has 7 heteroatoms. The van der Waals surface area contributed by atoms with E-state index in [4.69, 9.17) is 4.74 Å². The second-order valence-corrected chi connectivity index (χ2v) is 11.4. The van der Waals surface area contributed by atoms with Crippen molar-refractivity contribution in [1.29, 1.82) is 0 Å². The first-order valence-corrected chi connectivity index (χ1v) is 14.4. The zero-order chi connectivity index (χ0) is 25.8. The average Bonchev–Trinajstić information content (AvgIpc) is 3.61. The molecule has 1 amide bonds. The van der Waals surface area contributed by atoms with Crippen LogP contribution in [0.2, 0.25) is 0 Å². The van der Waals surface area contributed by atoms with E-state index in [0.717, 1.165) is 77.0 Å². The van der Waals surface area contributed by atoms with Gasteiger partial charge in [-0.15, -0.1) is 0 Å². The van der Waals surface area contributed by atoms with Crippen LogP contribution in [0.5, 0.6) is 0 Å². The predicted octanol–water partition coefficient (Wildman–Crippen LogP) is 7.28. The molecule has 0 saturated heterocycles. The van der Waals surface area contributed by atoms with E-state index >= 15 is 4.39 Å². The number of nitrogens with zero attached hydrogens (tertiary/aromatic N) is 2. The van der Waals surface area contributed by atoms with Gasteiger partial charge in [0.25, 0.3) is 0 Å². The zero-order valence-corrected chi connectivity index (χ0v) is 22.1. The van der Waals surface area contributed by atoms with Crippen molar-refractivity contribution in [3.8, 4) is 11.4 Å². The minimum Gasteiger partial charge on any atom is -0.376 e. The van der Waals surface area contributed by atoms with Gasteiger partial charge in [0.05, 0.1) is 11.7 Å². The fourth-order valence-electron chi connectivity index (χ4n) is 7.15. The number of rotatable bonds is 8. The number of halogens is 2. The molecule has 3 aliphatic carbocycles. The third kappa shape index (κ3) is 5.62. The highest BCUT2D eigenvalue weighted by Crippen LogP contribution is 2.43.